The number of thiocarbonyl (C=S) groups is 1. The first kappa shape index (κ1) is 14.6. The minimum Gasteiger partial charge on any atom is -0.392 e. The molecule has 98 valence electrons. The van der Waals surface area contributed by atoms with E-state index in [-0.39, 0.29) is 24.3 Å². The molecule has 0 saturated carbocycles. The van der Waals surface area contributed by atoms with E-state index in [1.807, 2.05) is 30.3 Å². The zero-order valence-electron chi connectivity index (χ0n) is 10.8. The highest BCUT2D eigenvalue weighted by Crippen LogP contribution is 2.26. The van der Waals surface area contributed by atoms with Crippen molar-refractivity contribution in [3.05, 3.63) is 35.9 Å². The van der Waals surface area contributed by atoms with Crippen molar-refractivity contribution in [2.75, 3.05) is 6.54 Å². The van der Waals surface area contributed by atoms with Gasteiger partial charge in [-0.2, -0.15) is 0 Å². The van der Waals surface area contributed by atoms with E-state index in [2.05, 4.69) is 19.2 Å². The Bertz CT molecular complexity index is 406. The van der Waals surface area contributed by atoms with Gasteiger partial charge >= 0.3 is 0 Å². The molecule has 2 atom stereocenters. The third-order valence-corrected chi connectivity index (χ3v) is 3.24. The summed E-state index contributed by atoms with van der Waals surface area (Å²) in [6.07, 6.45) is 0.944. The van der Waals surface area contributed by atoms with E-state index in [1.54, 1.807) is 0 Å². The molecule has 1 aromatic carbocycles. The van der Waals surface area contributed by atoms with Gasteiger partial charge in [-0.25, -0.2) is 0 Å². The highest BCUT2D eigenvalue weighted by atomic mass is 32.1. The van der Waals surface area contributed by atoms with E-state index >= 15 is 0 Å². The third-order valence-electron chi connectivity index (χ3n) is 3.09. The molecule has 2 unspecified atom stereocenters. The first-order chi connectivity index (χ1) is 8.56. The monoisotopic (exact) mass is 264 g/mol. The van der Waals surface area contributed by atoms with E-state index < -0.39 is 0 Å². The van der Waals surface area contributed by atoms with E-state index in [1.165, 1.54) is 0 Å². The second-order valence-electron chi connectivity index (χ2n) is 4.46. The van der Waals surface area contributed by atoms with Gasteiger partial charge in [0, 0.05) is 0 Å². The zero-order chi connectivity index (χ0) is 13.5. The lowest BCUT2D eigenvalue weighted by Crippen LogP contribution is -2.37. The van der Waals surface area contributed by atoms with Crippen molar-refractivity contribution in [3.63, 3.8) is 0 Å². The van der Waals surface area contributed by atoms with E-state index in [0.29, 0.717) is 4.99 Å². The van der Waals surface area contributed by atoms with Gasteiger partial charge in [0.15, 0.2) is 0 Å². The van der Waals surface area contributed by atoms with Crippen LogP contribution < -0.4 is 11.1 Å². The number of nitrogens with one attached hydrogen (secondary N) is 1. The number of hydrogen-bond donors (Lipinski definition) is 2. The number of rotatable bonds is 6. The highest BCUT2D eigenvalue weighted by Gasteiger charge is 2.25. The Hall–Kier alpha value is -1.42. The number of hydrogen-bond acceptors (Lipinski definition) is 2. The standard InChI is InChI=1S/C14H20N2OS/c1-3-10(2)13(11-7-5-4-6-8-11)14(17)16-9-12(15)18/h4-8,10,13H,3,9H2,1-2H3,(H2,15,18)(H,16,17). The molecule has 0 saturated heterocycles. The van der Waals surface area contributed by atoms with Gasteiger partial charge in [-0.15, -0.1) is 0 Å². The summed E-state index contributed by atoms with van der Waals surface area (Å²) in [5.74, 6) is 0.118. The Morgan fingerprint density at radius 1 is 1.39 bits per heavy atom. The van der Waals surface area contributed by atoms with Crippen molar-refractivity contribution in [2.24, 2.45) is 11.7 Å². The zero-order valence-corrected chi connectivity index (χ0v) is 11.7. The molecule has 0 aromatic heterocycles. The van der Waals surface area contributed by atoms with Gasteiger partial charge in [-0.1, -0.05) is 62.8 Å². The molecule has 3 nitrogen and oxygen atoms in total. The summed E-state index contributed by atoms with van der Waals surface area (Å²) in [7, 11) is 0. The average Bonchev–Trinajstić information content (AvgIpc) is 2.37. The maximum absolute atomic E-state index is 12.2. The fourth-order valence-corrected chi connectivity index (χ4v) is 1.99. The quantitative estimate of drug-likeness (QED) is 0.775. The maximum Gasteiger partial charge on any atom is 0.228 e. The number of nitrogens with two attached hydrogens (primary N) is 1. The van der Waals surface area contributed by atoms with Crippen LogP contribution in [0.5, 0.6) is 0 Å². The van der Waals surface area contributed by atoms with Crippen LogP contribution in [-0.4, -0.2) is 17.4 Å². The molecule has 0 heterocycles. The van der Waals surface area contributed by atoms with Gasteiger partial charge in [0.1, 0.15) is 0 Å². The first-order valence-corrected chi connectivity index (χ1v) is 6.58. The molecule has 0 aliphatic heterocycles. The second kappa shape index (κ2) is 7.11. The molecule has 1 amide bonds. The smallest absolute Gasteiger partial charge is 0.228 e. The molecule has 4 heteroatoms. The number of benzene rings is 1. The topological polar surface area (TPSA) is 55.1 Å². The number of carbonyl (C=O) groups excluding carboxylic acids is 1. The van der Waals surface area contributed by atoms with Gasteiger partial charge in [-0.05, 0) is 11.5 Å². The second-order valence-corrected chi connectivity index (χ2v) is 4.98. The van der Waals surface area contributed by atoms with Crippen LogP contribution >= 0.6 is 12.2 Å². The summed E-state index contributed by atoms with van der Waals surface area (Å²) in [4.78, 5) is 12.5. The summed E-state index contributed by atoms with van der Waals surface area (Å²) < 4.78 is 0. The van der Waals surface area contributed by atoms with Crippen molar-refractivity contribution < 1.29 is 4.79 Å². The Morgan fingerprint density at radius 3 is 2.50 bits per heavy atom. The summed E-state index contributed by atoms with van der Waals surface area (Å²) >= 11 is 4.77. The molecule has 1 rings (SSSR count). The van der Waals surface area contributed by atoms with Crippen LogP contribution in [0.15, 0.2) is 30.3 Å². The van der Waals surface area contributed by atoms with E-state index in [0.717, 1.165) is 12.0 Å². The lowest BCUT2D eigenvalue weighted by atomic mass is 9.85. The van der Waals surface area contributed by atoms with E-state index in [4.69, 9.17) is 18.0 Å². The van der Waals surface area contributed by atoms with Crippen LogP contribution in [0.1, 0.15) is 31.7 Å². The van der Waals surface area contributed by atoms with Crippen LogP contribution in [0, 0.1) is 5.92 Å². The number of carbonyl (C=O) groups is 1. The minimum atomic E-state index is -0.148. The molecule has 0 bridgehead atoms. The van der Waals surface area contributed by atoms with Gasteiger partial charge in [0.05, 0.1) is 17.5 Å². The van der Waals surface area contributed by atoms with Gasteiger partial charge < -0.3 is 11.1 Å². The molecule has 0 aliphatic carbocycles. The van der Waals surface area contributed by atoms with Crippen molar-refractivity contribution >= 4 is 23.1 Å². The third kappa shape index (κ3) is 4.11. The lowest BCUT2D eigenvalue weighted by molar-refractivity contribution is -0.123. The molecule has 0 spiro atoms. The van der Waals surface area contributed by atoms with Crippen LogP contribution in [0.2, 0.25) is 0 Å². The fraction of sp³-hybridized carbons (Fsp3) is 0.429. The summed E-state index contributed by atoms with van der Waals surface area (Å²) in [5.41, 5.74) is 6.44. The molecule has 1 aromatic rings. The summed E-state index contributed by atoms with van der Waals surface area (Å²) in [6.45, 7) is 4.42. The molecular formula is C14H20N2OS. The highest BCUT2D eigenvalue weighted by molar-refractivity contribution is 7.80. The Kier molecular flexibility index (Phi) is 5.78. The van der Waals surface area contributed by atoms with Gasteiger partial charge in [0.25, 0.3) is 0 Å². The molecular weight excluding hydrogens is 244 g/mol. The Labute approximate surface area is 114 Å². The maximum atomic E-state index is 12.2. The minimum absolute atomic E-state index is 0.0108. The normalized spacial score (nSPS) is 13.7. The number of amides is 1. The van der Waals surface area contributed by atoms with Crippen LogP contribution in [-0.2, 0) is 4.79 Å². The fourth-order valence-electron chi connectivity index (χ4n) is 1.92. The van der Waals surface area contributed by atoms with Gasteiger partial charge in [-0.3, -0.25) is 4.79 Å². The average molecular weight is 264 g/mol. The van der Waals surface area contributed by atoms with Crippen molar-refractivity contribution in [1.82, 2.24) is 5.32 Å². The van der Waals surface area contributed by atoms with Crippen LogP contribution in [0.25, 0.3) is 0 Å². The van der Waals surface area contributed by atoms with Crippen LogP contribution in [0.3, 0.4) is 0 Å². The molecule has 18 heavy (non-hydrogen) atoms. The SMILES string of the molecule is CCC(C)C(C(=O)NCC(N)=S)c1ccccc1. The Balaban J connectivity index is 2.85. The van der Waals surface area contributed by atoms with Crippen molar-refractivity contribution in [2.45, 2.75) is 26.2 Å². The van der Waals surface area contributed by atoms with Gasteiger partial charge in [0.2, 0.25) is 5.91 Å². The van der Waals surface area contributed by atoms with Crippen molar-refractivity contribution in [3.8, 4) is 0 Å². The first-order valence-electron chi connectivity index (χ1n) is 6.17. The summed E-state index contributed by atoms with van der Waals surface area (Å²) in [5, 5.41) is 2.79. The van der Waals surface area contributed by atoms with E-state index in [9.17, 15) is 4.79 Å². The molecule has 0 radical (unpaired) electrons. The van der Waals surface area contributed by atoms with Crippen LogP contribution in [0.4, 0.5) is 0 Å². The molecule has 0 fully saturated rings. The summed E-state index contributed by atoms with van der Waals surface area (Å²) in [6, 6.07) is 9.82. The van der Waals surface area contributed by atoms with Crippen molar-refractivity contribution in [1.29, 1.82) is 0 Å². The molecule has 3 N–H and O–H groups in total. The molecule has 0 aliphatic rings. The predicted molar refractivity (Wildman–Crippen MR) is 78.4 cm³/mol. The largest absolute Gasteiger partial charge is 0.392 e. The Morgan fingerprint density at radius 2 is 2.00 bits per heavy atom. The lowest BCUT2D eigenvalue weighted by Gasteiger charge is -2.22. The predicted octanol–water partition coefficient (Wildman–Crippen LogP) is 2.22.